The predicted octanol–water partition coefficient (Wildman–Crippen LogP) is 3.99. The maximum atomic E-state index is 13.9. The van der Waals surface area contributed by atoms with Gasteiger partial charge >= 0.3 is 0 Å². The number of hydrogen-bond donors (Lipinski definition) is 0. The Hall–Kier alpha value is -1.98. The molecule has 0 saturated carbocycles. The Morgan fingerprint density at radius 2 is 1.71 bits per heavy atom. The molecule has 106 valence electrons. The van der Waals surface area contributed by atoms with Crippen molar-refractivity contribution in [3.63, 3.8) is 0 Å². The van der Waals surface area contributed by atoms with E-state index in [1.807, 2.05) is 0 Å². The van der Waals surface area contributed by atoms with Gasteiger partial charge in [0.05, 0.1) is 5.56 Å². The second-order valence-electron chi connectivity index (χ2n) is 4.32. The molecule has 0 aliphatic heterocycles. The molecule has 2 heterocycles. The summed E-state index contributed by atoms with van der Waals surface area (Å²) in [7, 11) is 1.76. The number of hydrogen-bond acceptors (Lipinski definition) is 3. The number of aryl methyl sites for hydroxylation is 1. The van der Waals surface area contributed by atoms with E-state index in [0.717, 1.165) is 0 Å². The van der Waals surface area contributed by atoms with Gasteiger partial charge in [-0.25, -0.2) is 14.4 Å². The molecular formula is C14H9Cl2FN4. The highest BCUT2D eigenvalue weighted by Gasteiger charge is 2.18. The van der Waals surface area contributed by atoms with Crippen LogP contribution in [0.15, 0.2) is 36.5 Å². The zero-order chi connectivity index (χ0) is 15.0. The number of rotatable bonds is 2. The summed E-state index contributed by atoms with van der Waals surface area (Å²) in [6, 6.07) is 7.93. The number of nitrogens with zero attached hydrogens (tertiary/aromatic N) is 4. The summed E-state index contributed by atoms with van der Waals surface area (Å²) in [4.78, 5) is 8.39. The fraction of sp³-hybridized carbons (Fsp3) is 0.0714. The molecule has 0 fully saturated rings. The average molecular weight is 323 g/mol. The standard InChI is InChI=1S/C14H9Cl2FN4/c1-21-10(6-7-18-21)14-19-12(15)11(13(16)20-14)8-4-2-3-5-9(8)17/h2-7H,1H3. The molecule has 0 radical (unpaired) electrons. The van der Waals surface area contributed by atoms with E-state index in [0.29, 0.717) is 11.5 Å². The van der Waals surface area contributed by atoms with E-state index in [2.05, 4.69) is 15.1 Å². The highest BCUT2D eigenvalue weighted by atomic mass is 35.5. The molecule has 0 amide bonds. The minimum absolute atomic E-state index is 0.0938. The van der Waals surface area contributed by atoms with Crippen LogP contribution in [-0.4, -0.2) is 19.7 Å². The van der Waals surface area contributed by atoms with E-state index in [1.165, 1.54) is 6.07 Å². The molecule has 0 unspecified atom stereocenters. The predicted molar refractivity (Wildman–Crippen MR) is 79.6 cm³/mol. The van der Waals surface area contributed by atoms with Crippen LogP contribution in [0.3, 0.4) is 0 Å². The molecule has 0 aliphatic carbocycles. The fourth-order valence-electron chi connectivity index (χ4n) is 2.00. The van der Waals surface area contributed by atoms with Crippen molar-refractivity contribution in [2.24, 2.45) is 7.05 Å². The van der Waals surface area contributed by atoms with Crippen molar-refractivity contribution >= 4 is 23.2 Å². The summed E-state index contributed by atoms with van der Waals surface area (Å²) in [5, 5.41) is 4.23. The molecule has 2 aromatic heterocycles. The second kappa shape index (κ2) is 5.42. The molecule has 1 aromatic carbocycles. The Morgan fingerprint density at radius 1 is 1.05 bits per heavy atom. The Bertz CT molecular complexity index is 793. The van der Waals surface area contributed by atoms with Gasteiger partial charge in [-0.05, 0) is 12.1 Å². The highest BCUT2D eigenvalue weighted by Crippen LogP contribution is 2.35. The number of aromatic nitrogens is 4. The number of benzene rings is 1. The van der Waals surface area contributed by atoms with E-state index < -0.39 is 5.82 Å². The van der Waals surface area contributed by atoms with E-state index in [-0.39, 0.29) is 21.4 Å². The van der Waals surface area contributed by atoms with Gasteiger partial charge in [-0.15, -0.1) is 0 Å². The zero-order valence-corrected chi connectivity index (χ0v) is 12.4. The Labute approximate surface area is 130 Å². The van der Waals surface area contributed by atoms with Gasteiger partial charge in [0.15, 0.2) is 5.82 Å². The van der Waals surface area contributed by atoms with Crippen molar-refractivity contribution in [1.29, 1.82) is 0 Å². The van der Waals surface area contributed by atoms with Crippen LogP contribution in [-0.2, 0) is 7.05 Å². The van der Waals surface area contributed by atoms with Gasteiger partial charge in [0, 0.05) is 18.8 Å². The smallest absolute Gasteiger partial charge is 0.180 e. The first-order valence-corrected chi connectivity index (χ1v) is 6.80. The molecule has 0 bridgehead atoms. The third-order valence-electron chi connectivity index (χ3n) is 3.01. The van der Waals surface area contributed by atoms with Gasteiger partial charge in [-0.3, -0.25) is 4.68 Å². The summed E-state index contributed by atoms with van der Waals surface area (Å²) in [6.45, 7) is 0. The molecule has 21 heavy (non-hydrogen) atoms. The monoisotopic (exact) mass is 322 g/mol. The van der Waals surface area contributed by atoms with Crippen LogP contribution >= 0.6 is 23.2 Å². The first kappa shape index (κ1) is 14.0. The van der Waals surface area contributed by atoms with E-state index in [9.17, 15) is 4.39 Å². The quantitative estimate of drug-likeness (QED) is 0.670. The Balaban J connectivity index is 2.18. The van der Waals surface area contributed by atoms with Gasteiger partial charge < -0.3 is 0 Å². The summed E-state index contributed by atoms with van der Waals surface area (Å²) < 4.78 is 15.5. The van der Waals surface area contributed by atoms with Crippen molar-refractivity contribution in [3.8, 4) is 22.6 Å². The van der Waals surface area contributed by atoms with Crippen LogP contribution in [0.1, 0.15) is 0 Å². The summed E-state index contributed by atoms with van der Waals surface area (Å²) in [5.74, 6) is -0.0942. The van der Waals surface area contributed by atoms with Gasteiger partial charge in [0.1, 0.15) is 21.8 Å². The molecule has 7 heteroatoms. The van der Waals surface area contributed by atoms with E-state index in [4.69, 9.17) is 23.2 Å². The van der Waals surface area contributed by atoms with Crippen LogP contribution in [0.5, 0.6) is 0 Å². The van der Waals surface area contributed by atoms with Crippen LogP contribution in [0.25, 0.3) is 22.6 Å². The maximum absolute atomic E-state index is 13.9. The molecule has 3 rings (SSSR count). The first-order chi connectivity index (χ1) is 10.1. The summed E-state index contributed by atoms with van der Waals surface area (Å²) in [5.41, 5.74) is 1.21. The SMILES string of the molecule is Cn1nccc1-c1nc(Cl)c(-c2ccccc2F)c(Cl)n1. The Kier molecular flexibility index (Phi) is 3.61. The third-order valence-corrected chi connectivity index (χ3v) is 3.56. The van der Waals surface area contributed by atoms with Crippen LogP contribution < -0.4 is 0 Å². The summed E-state index contributed by atoms with van der Waals surface area (Å²) >= 11 is 12.4. The number of halogens is 3. The normalized spacial score (nSPS) is 10.9. The topological polar surface area (TPSA) is 43.6 Å². The molecular weight excluding hydrogens is 314 g/mol. The molecule has 4 nitrogen and oxygen atoms in total. The first-order valence-electron chi connectivity index (χ1n) is 6.04. The van der Waals surface area contributed by atoms with Crippen molar-refractivity contribution in [1.82, 2.24) is 19.7 Å². The minimum atomic E-state index is -0.432. The van der Waals surface area contributed by atoms with Crippen molar-refractivity contribution in [3.05, 3.63) is 52.7 Å². The molecule has 0 spiro atoms. The van der Waals surface area contributed by atoms with Crippen LogP contribution in [0.4, 0.5) is 4.39 Å². The third kappa shape index (κ3) is 2.50. The largest absolute Gasteiger partial charge is 0.265 e. The van der Waals surface area contributed by atoms with Gasteiger partial charge in [-0.1, -0.05) is 41.4 Å². The lowest BCUT2D eigenvalue weighted by molar-refractivity contribution is 0.631. The lowest BCUT2D eigenvalue weighted by atomic mass is 10.1. The van der Waals surface area contributed by atoms with Crippen molar-refractivity contribution in [2.75, 3.05) is 0 Å². The van der Waals surface area contributed by atoms with Crippen molar-refractivity contribution < 1.29 is 4.39 Å². The fourth-order valence-corrected chi connectivity index (χ4v) is 2.59. The highest BCUT2D eigenvalue weighted by molar-refractivity contribution is 6.37. The second-order valence-corrected chi connectivity index (χ2v) is 5.04. The lowest BCUT2D eigenvalue weighted by Gasteiger charge is -2.09. The summed E-state index contributed by atoms with van der Waals surface area (Å²) in [6.07, 6.45) is 1.62. The van der Waals surface area contributed by atoms with Crippen LogP contribution in [0.2, 0.25) is 10.3 Å². The van der Waals surface area contributed by atoms with Crippen molar-refractivity contribution in [2.45, 2.75) is 0 Å². The molecule has 0 aliphatic rings. The molecule has 0 saturated heterocycles. The van der Waals surface area contributed by atoms with Gasteiger partial charge in [0.2, 0.25) is 0 Å². The van der Waals surface area contributed by atoms with Crippen LogP contribution in [0, 0.1) is 5.82 Å². The molecule has 0 atom stereocenters. The maximum Gasteiger partial charge on any atom is 0.180 e. The lowest BCUT2D eigenvalue weighted by Crippen LogP contribution is -2.00. The van der Waals surface area contributed by atoms with E-state index >= 15 is 0 Å². The zero-order valence-electron chi connectivity index (χ0n) is 10.9. The Morgan fingerprint density at radius 3 is 2.29 bits per heavy atom. The molecule has 0 N–H and O–H groups in total. The van der Waals surface area contributed by atoms with Gasteiger partial charge in [0.25, 0.3) is 0 Å². The average Bonchev–Trinajstić information content (AvgIpc) is 2.86. The minimum Gasteiger partial charge on any atom is -0.265 e. The molecule has 3 aromatic rings. The van der Waals surface area contributed by atoms with Gasteiger partial charge in [-0.2, -0.15) is 5.10 Å². The van der Waals surface area contributed by atoms with E-state index in [1.54, 1.807) is 42.2 Å².